The fourth-order valence-corrected chi connectivity index (χ4v) is 3.45. The molecule has 3 rings (SSSR count). The lowest BCUT2D eigenvalue weighted by Crippen LogP contribution is -2.46. The van der Waals surface area contributed by atoms with Crippen molar-refractivity contribution >= 4 is 41.5 Å². The monoisotopic (exact) mass is 532 g/mol. The molecule has 29 heavy (non-hydrogen) atoms. The molecule has 160 valence electrons. The summed E-state index contributed by atoms with van der Waals surface area (Å²) in [7, 11) is 0. The molecule has 1 saturated heterocycles. The standard InChI is InChI=1S/C21H29ClN4O2.HI/c1-3-23-21(24-14-17-6-4-5-7-18(17)22)25-15-19(20-9-8-16(2)28-20)26-10-12-27-13-11-26;/h4-9,19H,3,10-15H2,1-2H3,(H2,23,24,25);1H. The zero-order valence-corrected chi connectivity index (χ0v) is 20.1. The summed E-state index contributed by atoms with van der Waals surface area (Å²) in [5.74, 6) is 2.66. The van der Waals surface area contributed by atoms with Gasteiger partial charge in [-0.25, -0.2) is 4.99 Å². The molecule has 2 N–H and O–H groups in total. The number of halogens is 2. The van der Waals surface area contributed by atoms with E-state index < -0.39 is 0 Å². The van der Waals surface area contributed by atoms with Crippen molar-refractivity contribution in [3.8, 4) is 0 Å². The van der Waals surface area contributed by atoms with Crippen LogP contribution in [0.25, 0.3) is 0 Å². The highest BCUT2D eigenvalue weighted by Gasteiger charge is 2.25. The third-order valence-corrected chi connectivity index (χ3v) is 5.12. The van der Waals surface area contributed by atoms with E-state index in [1.807, 2.05) is 37.3 Å². The molecule has 2 aromatic rings. The molecule has 1 atom stereocenters. The molecule has 2 heterocycles. The molecule has 0 aliphatic carbocycles. The summed E-state index contributed by atoms with van der Waals surface area (Å²) in [6.07, 6.45) is 0. The smallest absolute Gasteiger partial charge is 0.191 e. The van der Waals surface area contributed by atoms with Crippen LogP contribution in [0.15, 0.2) is 45.8 Å². The molecule has 1 aromatic heterocycles. The van der Waals surface area contributed by atoms with Gasteiger partial charge in [-0.15, -0.1) is 24.0 Å². The first-order chi connectivity index (χ1) is 13.7. The molecule has 0 spiro atoms. The zero-order valence-electron chi connectivity index (χ0n) is 17.0. The predicted octanol–water partition coefficient (Wildman–Crippen LogP) is 3.99. The van der Waals surface area contributed by atoms with Crippen LogP contribution in [0.4, 0.5) is 0 Å². The van der Waals surface area contributed by atoms with E-state index in [-0.39, 0.29) is 30.0 Å². The van der Waals surface area contributed by atoms with Crippen molar-refractivity contribution in [2.75, 3.05) is 39.4 Å². The van der Waals surface area contributed by atoms with Crippen LogP contribution < -0.4 is 10.6 Å². The van der Waals surface area contributed by atoms with E-state index in [0.29, 0.717) is 13.1 Å². The van der Waals surface area contributed by atoms with Crippen molar-refractivity contribution in [3.05, 3.63) is 58.5 Å². The Kier molecular flexibility index (Phi) is 10.3. The Morgan fingerprint density at radius 2 is 1.93 bits per heavy atom. The predicted molar refractivity (Wildman–Crippen MR) is 128 cm³/mol. The molecular formula is C21H30ClIN4O2. The van der Waals surface area contributed by atoms with Crippen molar-refractivity contribution in [2.45, 2.75) is 26.4 Å². The number of furan rings is 1. The summed E-state index contributed by atoms with van der Waals surface area (Å²) in [5, 5.41) is 7.51. The minimum Gasteiger partial charge on any atom is -0.465 e. The molecule has 0 saturated carbocycles. The molecule has 1 aliphatic rings. The van der Waals surface area contributed by atoms with Crippen molar-refractivity contribution in [3.63, 3.8) is 0 Å². The molecule has 1 fully saturated rings. The Hall–Kier alpha value is -1.29. The average molecular weight is 533 g/mol. The summed E-state index contributed by atoms with van der Waals surface area (Å²) in [6, 6.07) is 12.0. The Balaban J connectivity index is 0.00000300. The maximum absolute atomic E-state index is 6.26. The summed E-state index contributed by atoms with van der Waals surface area (Å²) >= 11 is 6.26. The van der Waals surface area contributed by atoms with Gasteiger partial charge in [0.05, 0.1) is 25.8 Å². The number of nitrogens with one attached hydrogen (secondary N) is 2. The van der Waals surface area contributed by atoms with Gasteiger partial charge in [-0.3, -0.25) is 4.90 Å². The van der Waals surface area contributed by atoms with Crippen molar-refractivity contribution in [1.82, 2.24) is 15.5 Å². The number of rotatable bonds is 7. The molecule has 1 unspecified atom stereocenters. The number of hydrogen-bond donors (Lipinski definition) is 2. The van der Waals surface area contributed by atoms with Gasteiger partial charge in [0.15, 0.2) is 5.96 Å². The molecule has 6 nitrogen and oxygen atoms in total. The maximum Gasteiger partial charge on any atom is 0.191 e. The van der Waals surface area contributed by atoms with E-state index >= 15 is 0 Å². The number of ether oxygens (including phenoxy) is 1. The SMILES string of the molecule is CCNC(=NCc1ccccc1Cl)NCC(c1ccc(C)o1)N1CCOCC1.I. The number of nitrogens with zero attached hydrogens (tertiary/aromatic N) is 2. The van der Waals surface area contributed by atoms with Crippen LogP contribution in [0, 0.1) is 6.92 Å². The number of hydrogen-bond acceptors (Lipinski definition) is 4. The van der Waals surface area contributed by atoms with Gasteiger partial charge in [-0.2, -0.15) is 0 Å². The second-order valence-electron chi connectivity index (χ2n) is 6.78. The Morgan fingerprint density at radius 1 is 1.17 bits per heavy atom. The normalized spacial score (nSPS) is 16.2. The molecule has 0 bridgehead atoms. The minimum absolute atomic E-state index is 0. The molecule has 0 radical (unpaired) electrons. The topological polar surface area (TPSA) is 62.0 Å². The van der Waals surface area contributed by atoms with Crippen LogP contribution >= 0.6 is 35.6 Å². The molecule has 8 heteroatoms. The Bertz CT molecular complexity index is 778. The quantitative estimate of drug-likeness (QED) is 0.321. The number of aliphatic imine (C=N–C) groups is 1. The Morgan fingerprint density at radius 3 is 2.59 bits per heavy atom. The van der Waals surface area contributed by atoms with Gasteiger partial charge in [-0.1, -0.05) is 29.8 Å². The van der Waals surface area contributed by atoms with Gasteiger partial charge >= 0.3 is 0 Å². The largest absolute Gasteiger partial charge is 0.465 e. The van der Waals surface area contributed by atoms with Gasteiger partial charge in [0, 0.05) is 31.2 Å². The van der Waals surface area contributed by atoms with Crippen LogP contribution in [-0.4, -0.2) is 50.3 Å². The van der Waals surface area contributed by atoms with Crippen LogP contribution in [0.2, 0.25) is 5.02 Å². The number of morpholine rings is 1. The third kappa shape index (κ3) is 7.16. The first-order valence-electron chi connectivity index (χ1n) is 9.81. The van der Waals surface area contributed by atoms with Gasteiger partial charge in [0.25, 0.3) is 0 Å². The lowest BCUT2D eigenvalue weighted by Gasteiger charge is -2.33. The van der Waals surface area contributed by atoms with Gasteiger partial charge in [0.2, 0.25) is 0 Å². The van der Waals surface area contributed by atoms with Crippen LogP contribution in [0.3, 0.4) is 0 Å². The highest BCUT2D eigenvalue weighted by molar-refractivity contribution is 14.0. The number of benzene rings is 1. The van der Waals surface area contributed by atoms with Crippen LogP contribution in [-0.2, 0) is 11.3 Å². The highest BCUT2D eigenvalue weighted by Crippen LogP contribution is 2.23. The molecule has 1 aromatic carbocycles. The van der Waals surface area contributed by atoms with E-state index in [1.165, 1.54) is 0 Å². The van der Waals surface area contributed by atoms with Crippen molar-refractivity contribution < 1.29 is 9.15 Å². The Labute approximate surface area is 195 Å². The average Bonchev–Trinajstić information content (AvgIpc) is 3.14. The van der Waals surface area contributed by atoms with E-state index in [4.69, 9.17) is 25.7 Å². The number of guanidine groups is 1. The summed E-state index contributed by atoms with van der Waals surface area (Å²) in [6.45, 7) is 9.31. The second-order valence-corrected chi connectivity index (χ2v) is 7.19. The van der Waals surface area contributed by atoms with Gasteiger partial charge in [0.1, 0.15) is 11.5 Å². The first-order valence-corrected chi connectivity index (χ1v) is 10.2. The molecule has 1 aliphatic heterocycles. The zero-order chi connectivity index (χ0) is 19.8. The van der Waals surface area contributed by atoms with E-state index in [2.05, 4.69) is 28.5 Å². The van der Waals surface area contributed by atoms with Gasteiger partial charge in [-0.05, 0) is 37.6 Å². The van der Waals surface area contributed by atoms with E-state index in [9.17, 15) is 0 Å². The maximum atomic E-state index is 6.26. The van der Waals surface area contributed by atoms with Gasteiger partial charge < -0.3 is 19.8 Å². The van der Waals surface area contributed by atoms with E-state index in [1.54, 1.807) is 0 Å². The highest BCUT2D eigenvalue weighted by atomic mass is 127. The first kappa shape index (κ1) is 24.0. The third-order valence-electron chi connectivity index (χ3n) is 4.75. The number of aryl methyl sites for hydroxylation is 1. The van der Waals surface area contributed by atoms with Crippen molar-refractivity contribution in [2.24, 2.45) is 4.99 Å². The fourth-order valence-electron chi connectivity index (χ4n) is 3.26. The summed E-state index contributed by atoms with van der Waals surface area (Å²) < 4.78 is 11.4. The minimum atomic E-state index is 0. The summed E-state index contributed by atoms with van der Waals surface area (Å²) in [5.41, 5.74) is 1.01. The van der Waals surface area contributed by atoms with E-state index in [0.717, 1.165) is 60.9 Å². The van der Waals surface area contributed by atoms with Crippen molar-refractivity contribution in [1.29, 1.82) is 0 Å². The second kappa shape index (κ2) is 12.4. The van der Waals surface area contributed by atoms with Crippen LogP contribution in [0.5, 0.6) is 0 Å². The summed E-state index contributed by atoms with van der Waals surface area (Å²) in [4.78, 5) is 7.09. The lowest BCUT2D eigenvalue weighted by molar-refractivity contribution is 0.0124. The fraction of sp³-hybridized carbons (Fsp3) is 0.476. The molecular weight excluding hydrogens is 503 g/mol. The lowest BCUT2D eigenvalue weighted by atomic mass is 10.1. The molecule has 0 amide bonds. The van der Waals surface area contributed by atoms with Crippen LogP contribution in [0.1, 0.15) is 30.0 Å².